The lowest BCUT2D eigenvalue weighted by Gasteiger charge is -2.19. The van der Waals surface area contributed by atoms with Crippen LogP contribution in [0.2, 0.25) is 0 Å². The summed E-state index contributed by atoms with van der Waals surface area (Å²) in [4.78, 5) is 11.2. The summed E-state index contributed by atoms with van der Waals surface area (Å²) in [6.45, 7) is 2.16. The van der Waals surface area contributed by atoms with Gasteiger partial charge in [0, 0.05) is 18.4 Å². The molecule has 0 fully saturated rings. The SMILES string of the molecule is CCC(Nc1ccc(NC(=O)NC)cc1)c1ccccc1. The van der Waals surface area contributed by atoms with E-state index in [-0.39, 0.29) is 12.1 Å². The summed E-state index contributed by atoms with van der Waals surface area (Å²) in [6, 6.07) is 18.2. The van der Waals surface area contributed by atoms with Gasteiger partial charge in [0.2, 0.25) is 0 Å². The number of rotatable bonds is 5. The minimum Gasteiger partial charge on any atom is -0.378 e. The minimum atomic E-state index is -0.216. The standard InChI is InChI=1S/C17H21N3O/c1-3-16(13-7-5-4-6-8-13)19-14-9-11-15(12-10-14)20-17(21)18-2/h4-12,16,19H,3H2,1-2H3,(H2,18,20,21). The molecule has 0 aliphatic heterocycles. The summed E-state index contributed by atoms with van der Waals surface area (Å²) in [6.07, 6.45) is 1.00. The third kappa shape index (κ3) is 4.24. The first-order valence-corrected chi connectivity index (χ1v) is 7.13. The fraction of sp³-hybridized carbons (Fsp3) is 0.235. The zero-order chi connectivity index (χ0) is 15.1. The third-order valence-electron chi connectivity index (χ3n) is 3.32. The molecule has 2 aromatic rings. The van der Waals surface area contributed by atoms with Crippen molar-refractivity contribution in [2.45, 2.75) is 19.4 Å². The molecule has 0 bridgehead atoms. The van der Waals surface area contributed by atoms with E-state index in [4.69, 9.17) is 0 Å². The number of anilines is 2. The summed E-state index contributed by atoms with van der Waals surface area (Å²) in [5.74, 6) is 0. The van der Waals surface area contributed by atoms with Crippen molar-refractivity contribution in [1.29, 1.82) is 0 Å². The first kappa shape index (κ1) is 14.9. The van der Waals surface area contributed by atoms with Gasteiger partial charge in [0.25, 0.3) is 0 Å². The second kappa shape index (κ2) is 7.33. The van der Waals surface area contributed by atoms with Gasteiger partial charge in [-0.2, -0.15) is 0 Å². The highest BCUT2D eigenvalue weighted by molar-refractivity contribution is 5.89. The van der Waals surface area contributed by atoms with Crippen LogP contribution in [-0.4, -0.2) is 13.1 Å². The van der Waals surface area contributed by atoms with Gasteiger partial charge in [0.05, 0.1) is 6.04 Å². The van der Waals surface area contributed by atoms with Crippen LogP contribution in [-0.2, 0) is 0 Å². The fourth-order valence-corrected chi connectivity index (χ4v) is 2.15. The topological polar surface area (TPSA) is 53.2 Å². The van der Waals surface area contributed by atoms with Gasteiger partial charge >= 0.3 is 6.03 Å². The van der Waals surface area contributed by atoms with E-state index >= 15 is 0 Å². The number of carbonyl (C=O) groups excluding carboxylic acids is 1. The molecule has 1 unspecified atom stereocenters. The summed E-state index contributed by atoms with van der Waals surface area (Å²) >= 11 is 0. The lowest BCUT2D eigenvalue weighted by Crippen LogP contribution is -2.24. The Hall–Kier alpha value is -2.49. The zero-order valence-corrected chi connectivity index (χ0v) is 12.4. The third-order valence-corrected chi connectivity index (χ3v) is 3.32. The lowest BCUT2D eigenvalue weighted by atomic mass is 10.0. The molecule has 0 aromatic heterocycles. The molecule has 4 heteroatoms. The van der Waals surface area contributed by atoms with E-state index in [9.17, 15) is 4.79 Å². The molecule has 0 radical (unpaired) electrons. The Bertz CT molecular complexity index is 566. The summed E-state index contributed by atoms with van der Waals surface area (Å²) < 4.78 is 0. The van der Waals surface area contributed by atoms with Crippen LogP contribution in [0.15, 0.2) is 54.6 Å². The minimum absolute atomic E-state index is 0.216. The molecule has 2 aromatic carbocycles. The molecule has 1 atom stereocenters. The molecule has 0 saturated carbocycles. The van der Waals surface area contributed by atoms with Crippen molar-refractivity contribution in [3.05, 3.63) is 60.2 Å². The number of benzene rings is 2. The Balaban J connectivity index is 2.03. The van der Waals surface area contributed by atoms with Crippen LogP contribution in [0.25, 0.3) is 0 Å². The Morgan fingerprint density at radius 1 is 1.00 bits per heavy atom. The van der Waals surface area contributed by atoms with Crippen molar-refractivity contribution in [3.63, 3.8) is 0 Å². The van der Waals surface area contributed by atoms with E-state index < -0.39 is 0 Å². The van der Waals surface area contributed by atoms with Gasteiger partial charge in [-0.1, -0.05) is 37.3 Å². The molecule has 110 valence electrons. The predicted molar refractivity (Wildman–Crippen MR) is 87.6 cm³/mol. The monoisotopic (exact) mass is 283 g/mol. The molecule has 2 amide bonds. The molecule has 0 heterocycles. The van der Waals surface area contributed by atoms with E-state index in [1.807, 2.05) is 30.3 Å². The number of urea groups is 1. The first-order valence-electron chi connectivity index (χ1n) is 7.13. The zero-order valence-electron chi connectivity index (χ0n) is 12.4. The van der Waals surface area contributed by atoms with E-state index in [1.54, 1.807) is 7.05 Å². The number of hydrogen-bond acceptors (Lipinski definition) is 2. The second-order valence-electron chi connectivity index (χ2n) is 4.80. The van der Waals surface area contributed by atoms with Gasteiger partial charge in [-0.25, -0.2) is 4.79 Å². The van der Waals surface area contributed by atoms with Gasteiger partial charge in [-0.3, -0.25) is 0 Å². The maximum Gasteiger partial charge on any atom is 0.318 e. The molecular formula is C17H21N3O. The lowest BCUT2D eigenvalue weighted by molar-refractivity contribution is 0.254. The number of amides is 2. The van der Waals surface area contributed by atoms with Crippen LogP contribution in [0.5, 0.6) is 0 Å². The molecule has 0 aliphatic rings. The van der Waals surface area contributed by atoms with Crippen molar-refractivity contribution in [1.82, 2.24) is 5.32 Å². The largest absolute Gasteiger partial charge is 0.378 e. The summed E-state index contributed by atoms with van der Waals surface area (Å²) in [5, 5.41) is 8.78. The van der Waals surface area contributed by atoms with Crippen LogP contribution in [0.3, 0.4) is 0 Å². The van der Waals surface area contributed by atoms with E-state index in [2.05, 4.69) is 47.1 Å². The molecule has 21 heavy (non-hydrogen) atoms. The molecule has 4 nitrogen and oxygen atoms in total. The number of carbonyl (C=O) groups is 1. The highest BCUT2D eigenvalue weighted by atomic mass is 16.2. The van der Waals surface area contributed by atoms with Crippen LogP contribution >= 0.6 is 0 Å². The molecule has 0 aliphatic carbocycles. The normalized spacial score (nSPS) is 11.5. The van der Waals surface area contributed by atoms with Gasteiger partial charge in [0.1, 0.15) is 0 Å². The molecule has 2 rings (SSSR count). The van der Waals surface area contributed by atoms with Crippen molar-refractivity contribution in [2.75, 3.05) is 17.7 Å². The van der Waals surface area contributed by atoms with Crippen molar-refractivity contribution in [2.24, 2.45) is 0 Å². The summed E-state index contributed by atoms with van der Waals surface area (Å²) in [5.41, 5.74) is 3.08. The Morgan fingerprint density at radius 2 is 1.62 bits per heavy atom. The van der Waals surface area contributed by atoms with Crippen molar-refractivity contribution in [3.8, 4) is 0 Å². The number of nitrogens with one attached hydrogen (secondary N) is 3. The van der Waals surface area contributed by atoms with Crippen LogP contribution in [0.4, 0.5) is 16.2 Å². The van der Waals surface area contributed by atoms with Crippen LogP contribution in [0.1, 0.15) is 24.9 Å². The smallest absolute Gasteiger partial charge is 0.318 e. The predicted octanol–water partition coefficient (Wildman–Crippen LogP) is 4.00. The molecule has 0 saturated heterocycles. The molecule has 3 N–H and O–H groups in total. The van der Waals surface area contributed by atoms with Crippen LogP contribution in [0, 0.1) is 0 Å². The van der Waals surface area contributed by atoms with Crippen molar-refractivity contribution >= 4 is 17.4 Å². The second-order valence-corrected chi connectivity index (χ2v) is 4.80. The van der Waals surface area contributed by atoms with E-state index in [0.717, 1.165) is 17.8 Å². The van der Waals surface area contributed by atoms with E-state index in [1.165, 1.54) is 5.56 Å². The average Bonchev–Trinajstić information content (AvgIpc) is 2.54. The maximum atomic E-state index is 11.2. The summed E-state index contributed by atoms with van der Waals surface area (Å²) in [7, 11) is 1.59. The molecular weight excluding hydrogens is 262 g/mol. The highest BCUT2D eigenvalue weighted by Crippen LogP contribution is 2.23. The van der Waals surface area contributed by atoms with Crippen LogP contribution < -0.4 is 16.0 Å². The van der Waals surface area contributed by atoms with Crippen molar-refractivity contribution < 1.29 is 4.79 Å². The number of hydrogen-bond donors (Lipinski definition) is 3. The Labute approximate surface area is 125 Å². The van der Waals surface area contributed by atoms with Gasteiger partial charge in [-0.15, -0.1) is 0 Å². The Kier molecular flexibility index (Phi) is 5.21. The fourth-order valence-electron chi connectivity index (χ4n) is 2.15. The van der Waals surface area contributed by atoms with E-state index in [0.29, 0.717) is 0 Å². The highest BCUT2D eigenvalue weighted by Gasteiger charge is 2.08. The molecule has 0 spiro atoms. The van der Waals surface area contributed by atoms with Gasteiger partial charge < -0.3 is 16.0 Å². The quantitative estimate of drug-likeness (QED) is 0.777. The Morgan fingerprint density at radius 3 is 2.19 bits per heavy atom. The first-order chi connectivity index (χ1) is 10.2. The van der Waals surface area contributed by atoms with Gasteiger partial charge in [-0.05, 0) is 36.2 Å². The maximum absolute atomic E-state index is 11.2. The van der Waals surface area contributed by atoms with Gasteiger partial charge in [0.15, 0.2) is 0 Å². The average molecular weight is 283 g/mol.